The van der Waals surface area contributed by atoms with Gasteiger partial charge in [0.25, 0.3) is 0 Å². The zero-order valence-electron chi connectivity index (χ0n) is 10.8. The molecule has 0 radical (unpaired) electrons. The summed E-state index contributed by atoms with van der Waals surface area (Å²) in [5.41, 5.74) is -0.634. The summed E-state index contributed by atoms with van der Waals surface area (Å²) >= 11 is 0. The zero-order chi connectivity index (χ0) is 14.8. The lowest BCUT2D eigenvalue weighted by Gasteiger charge is -2.24. The highest BCUT2D eigenvalue weighted by Crippen LogP contribution is 2.31. The molecule has 6 heteroatoms. The lowest BCUT2D eigenvalue weighted by molar-refractivity contribution is -0.137. The molecule has 0 heterocycles. The summed E-state index contributed by atoms with van der Waals surface area (Å²) < 4.78 is 37.7. The van der Waals surface area contributed by atoms with Crippen molar-refractivity contribution in [3.63, 3.8) is 0 Å². The van der Waals surface area contributed by atoms with Crippen molar-refractivity contribution in [2.24, 2.45) is 5.92 Å². The molecule has 1 aliphatic rings. The second-order valence-corrected chi connectivity index (χ2v) is 5.07. The summed E-state index contributed by atoms with van der Waals surface area (Å²) in [5, 5.41) is 11.9. The fraction of sp³-hybridized carbons (Fsp3) is 0.500. The summed E-state index contributed by atoms with van der Waals surface area (Å²) in [6, 6.07) is 4.59. The molecule has 0 aliphatic heterocycles. The second-order valence-electron chi connectivity index (χ2n) is 5.07. The molecule has 1 amide bonds. The fourth-order valence-corrected chi connectivity index (χ4v) is 2.36. The van der Waals surface area contributed by atoms with Gasteiger partial charge < -0.3 is 10.4 Å². The van der Waals surface area contributed by atoms with Crippen molar-refractivity contribution in [2.75, 3.05) is 5.32 Å². The van der Waals surface area contributed by atoms with Crippen molar-refractivity contribution in [3.8, 4) is 0 Å². The molecule has 20 heavy (non-hydrogen) atoms. The van der Waals surface area contributed by atoms with Gasteiger partial charge >= 0.3 is 6.18 Å². The van der Waals surface area contributed by atoms with Crippen molar-refractivity contribution in [1.29, 1.82) is 0 Å². The first-order valence-corrected chi connectivity index (χ1v) is 6.52. The number of alkyl halides is 3. The van der Waals surface area contributed by atoms with Crippen LogP contribution in [-0.2, 0) is 11.0 Å². The van der Waals surface area contributed by atoms with Crippen LogP contribution in [0.15, 0.2) is 24.3 Å². The summed E-state index contributed by atoms with van der Waals surface area (Å²) in [5.74, 6) is -0.524. The van der Waals surface area contributed by atoms with Gasteiger partial charge in [-0.2, -0.15) is 13.2 Å². The minimum Gasteiger partial charge on any atom is -0.393 e. The molecule has 1 saturated carbocycles. The number of carbonyl (C=O) groups excluding carboxylic acids is 1. The molecule has 1 fully saturated rings. The van der Waals surface area contributed by atoms with Crippen LogP contribution in [0.4, 0.5) is 18.9 Å². The Morgan fingerprint density at radius 2 is 1.85 bits per heavy atom. The van der Waals surface area contributed by atoms with E-state index in [4.69, 9.17) is 0 Å². The number of rotatable bonds is 2. The van der Waals surface area contributed by atoms with Crippen LogP contribution in [-0.4, -0.2) is 17.1 Å². The maximum Gasteiger partial charge on any atom is 0.416 e. The Kier molecular flexibility index (Phi) is 4.32. The lowest BCUT2D eigenvalue weighted by atomic mass is 9.87. The van der Waals surface area contributed by atoms with Gasteiger partial charge in [-0.3, -0.25) is 4.79 Å². The molecule has 110 valence electrons. The molecule has 0 spiro atoms. The fourth-order valence-electron chi connectivity index (χ4n) is 2.36. The molecule has 3 nitrogen and oxygen atoms in total. The Morgan fingerprint density at radius 1 is 1.20 bits per heavy atom. The molecule has 1 aromatic carbocycles. The lowest BCUT2D eigenvalue weighted by Crippen LogP contribution is -2.28. The van der Waals surface area contributed by atoms with Gasteiger partial charge in [-0.25, -0.2) is 0 Å². The SMILES string of the molecule is O=C(Nc1cccc(C(F)(F)F)c1)C1CCC(O)CC1. The van der Waals surface area contributed by atoms with Gasteiger partial charge in [-0.05, 0) is 43.9 Å². The number of hydrogen-bond acceptors (Lipinski definition) is 2. The standard InChI is InChI=1S/C14H16F3NO2/c15-14(16,17)10-2-1-3-11(8-10)18-13(20)9-4-6-12(19)7-5-9/h1-3,8-9,12,19H,4-7H2,(H,18,20). The molecule has 1 aromatic rings. The highest BCUT2D eigenvalue weighted by molar-refractivity contribution is 5.92. The van der Waals surface area contributed by atoms with Gasteiger partial charge in [-0.1, -0.05) is 6.07 Å². The van der Waals surface area contributed by atoms with E-state index in [-0.39, 0.29) is 23.6 Å². The molecule has 0 saturated heterocycles. The van der Waals surface area contributed by atoms with Gasteiger partial charge in [0, 0.05) is 11.6 Å². The van der Waals surface area contributed by atoms with Crippen molar-refractivity contribution in [1.82, 2.24) is 0 Å². The van der Waals surface area contributed by atoms with E-state index in [0.717, 1.165) is 12.1 Å². The molecule has 0 unspecified atom stereocenters. The van der Waals surface area contributed by atoms with Crippen LogP contribution < -0.4 is 5.32 Å². The molecule has 0 bridgehead atoms. The van der Waals surface area contributed by atoms with Crippen molar-refractivity contribution in [3.05, 3.63) is 29.8 Å². The van der Waals surface area contributed by atoms with E-state index in [1.165, 1.54) is 12.1 Å². The first-order chi connectivity index (χ1) is 9.36. The largest absolute Gasteiger partial charge is 0.416 e. The number of benzene rings is 1. The molecular weight excluding hydrogens is 271 g/mol. The van der Waals surface area contributed by atoms with Crippen LogP contribution in [0, 0.1) is 5.92 Å². The first-order valence-electron chi connectivity index (χ1n) is 6.52. The number of amides is 1. The monoisotopic (exact) mass is 287 g/mol. The van der Waals surface area contributed by atoms with Crippen LogP contribution in [0.1, 0.15) is 31.2 Å². The van der Waals surface area contributed by atoms with Crippen LogP contribution in [0.2, 0.25) is 0 Å². The predicted molar refractivity (Wildman–Crippen MR) is 68.0 cm³/mol. The number of aliphatic hydroxyl groups excluding tert-OH is 1. The van der Waals surface area contributed by atoms with Gasteiger partial charge in [0.05, 0.1) is 11.7 Å². The number of aliphatic hydroxyl groups is 1. The van der Waals surface area contributed by atoms with Crippen molar-refractivity contribution >= 4 is 11.6 Å². The Hall–Kier alpha value is -1.56. The number of halogens is 3. The number of anilines is 1. The van der Waals surface area contributed by atoms with Gasteiger partial charge in [0.1, 0.15) is 0 Å². The normalized spacial score (nSPS) is 23.4. The topological polar surface area (TPSA) is 49.3 Å². The molecule has 2 rings (SSSR count). The van der Waals surface area contributed by atoms with Crippen LogP contribution in [0.25, 0.3) is 0 Å². The summed E-state index contributed by atoms with van der Waals surface area (Å²) in [6.07, 6.45) is -2.55. The van der Waals surface area contributed by atoms with Gasteiger partial charge in [0.2, 0.25) is 5.91 Å². The molecular formula is C14H16F3NO2. The van der Waals surface area contributed by atoms with Gasteiger partial charge in [0.15, 0.2) is 0 Å². The molecule has 2 N–H and O–H groups in total. The molecule has 0 atom stereocenters. The Bertz CT molecular complexity index is 480. The smallest absolute Gasteiger partial charge is 0.393 e. The van der Waals surface area contributed by atoms with E-state index in [2.05, 4.69) is 5.32 Å². The van der Waals surface area contributed by atoms with E-state index in [1.807, 2.05) is 0 Å². The van der Waals surface area contributed by atoms with Crippen molar-refractivity contribution in [2.45, 2.75) is 38.0 Å². The van der Waals surface area contributed by atoms with E-state index in [9.17, 15) is 23.1 Å². The maximum atomic E-state index is 12.6. The molecule has 0 aromatic heterocycles. The number of hydrogen-bond donors (Lipinski definition) is 2. The quantitative estimate of drug-likeness (QED) is 0.877. The Labute approximate surface area is 114 Å². The number of nitrogens with one attached hydrogen (secondary N) is 1. The van der Waals surface area contributed by atoms with Crippen LogP contribution >= 0.6 is 0 Å². The van der Waals surface area contributed by atoms with E-state index < -0.39 is 11.7 Å². The third kappa shape index (κ3) is 3.72. The average Bonchev–Trinajstić information content (AvgIpc) is 2.38. The summed E-state index contributed by atoms with van der Waals surface area (Å²) in [6.45, 7) is 0. The second kappa shape index (κ2) is 5.83. The summed E-state index contributed by atoms with van der Waals surface area (Å²) in [4.78, 5) is 12.0. The molecule has 1 aliphatic carbocycles. The highest BCUT2D eigenvalue weighted by atomic mass is 19.4. The van der Waals surface area contributed by atoms with Crippen LogP contribution in [0.3, 0.4) is 0 Å². The number of carbonyl (C=O) groups is 1. The third-order valence-electron chi connectivity index (χ3n) is 3.52. The third-order valence-corrected chi connectivity index (χ3v) is 3.52. The van der Waals surface area contributed by atoms with Gasteiger partial charge in [-0.15, -0.1) is 0 Å². The highest BCUT2D eigenvalue weighted by Gasteiger charge is 2.31. The van der Waals surface area contributed by atoms with E-state index >= 15 is 0 Å². The minimum atomic E-state index is -4.42. The Morgan fingerprint density at radius 3 is 2.45 bits per heavy atom. The van der Waals surface area contributed by atoms with E-state index in [0.29, 0.717) is 25.7 Å². The maximum absolute atomic E-state index is 12.6. The van der Waals surface area contributed by atoms with Crippen LogP contribution in [0.5, 0.6) is 0 Å². The summed E-state index contributed by atoms with van der Waals surface area (Å²) in [7, 11) is 0. The average molecular weight is 287 g/mol. The predicted octanol–water partition coefficient (Wildman–Crippen LogP) is 3.20. The minimum absolute atomic E-state index is 0.149. The van der Waals surface area contributed by atoms with Crippen molar-refractivity contribution < 1.29 is 23.1 Å². The Balaban J connectivity index is 2.01. The first kappa shape index (κ1) is 14.8. The van der Waals surface area contributed by atoms with E-state index in [1.54, 1.807) is 0 Å². The zero-order valence-corrected chi connectivity index (χ0v) is 10.8.